The van der Waals surface area contributed by atoms with Gasteiger partial charge in [-0.15, -0.1) is 0 Å². The van der Waals surface area contributed by atoms with Gasteiger partial charge in [0.05, 0.1) is 18.8 Å². The number of para-hydroxylation sites is 1. The van der Waals surface area contributed by atoms with Crippen LogP contribution in [0.2, 0.25) is 0 Å². The molecule has 0 amide bonds. The van der Waals surface area contributed by atoms with Gasteiger partial charge in [-0.1, -0.05) is 25.3 Å². The Labute approximate surface area is 114 Å². The standard InChI is InChI=1S/C16H22O3/c1-2-18-15-10-6-9-14(11-17)16(15)19-12-13-7-4-3-5-8-13/h6,9-11,13H,2-5,7-8,12H2,1H3. The quantitative estimate of drug-likeness (QED) is 0.730. The second kappa shape index (κ2) is 7.17. The van der Waals surface area contributed by atoms with Crippen molar-refractivity contribution >= 4 is 6.29 Å². The molecule has 1 aromatic rings. The Morgan fingerprint density at radius 3 is 2.68 bits per heavy atom. The lowest BCUT2D eigenvalue weighted by atomic mass is 9.90. The van der Waals surface area contributed by atoms with Crippen LogP contribution in [0.4, 0.5) is 0 Å². The van der Waals surface area contributed by atoms with Crippen LogP contribution in [0, 0.1) is 5.92 Å². The largest absolute Gasteiger partial charge is 0.490 e. The van der Waals surface area contributed by atoms with Crippen LogP contribution in [0.5, 0.6) is 11.5 Å². The van der Waals surface area contributed by atoms with Crippen molar-refractivity contribution in [3.63, 3.8) is 0 Å². The van der Waals surface area contributed by atoms with Crippen molar-refractivity contribution in [3.05, 3.63) is 23.8 Å². The lowest BCUT2D eigenvalue weighted by molar-refractivity contribution is 0.111. The molecule has 0 saturated heterocycles. The first-order chi connectivity index (χ1) is 9.35. The number of carbonyl (C=O) groups excluding carboxylic acids is 1. The molecule has 19 heavy (non-hydrogen) atoms. The summed E-state index contributed by atoms with van der Waals surface area (Å²) in [5.74, 6) is 1.88. The zero-order valence-corrected chi connectivity index (χ0v) is 11.6. The van der Waals surface area contributed by atoms with Crippen molar-refractivity contribution in [2.75, 3.05) is 13.2 Å². The summed E-state index contributed by atoms with van der Waals surface area (Å²) in [6.07, 6.45) is 7.22. The predicted octanol–water partition coefficient (Wildman–Crippen LogP) is 3.86. The highest BCUT2D eigenvalue weighted by molar-refractivity contribution is 5.81. The lowest BCUT2D eigenvalue weighted by Gasteiger charge is -2.22. The number of rotatable bonds is 6. The summed E-state index contributed by atoms with van der Waals surface area (Å²) in [4.78, 5) is 11.1. The highest BCUT2D eigenvalue weighted by Gasteiger charge is 2.16. The van der Waals surface area contributed by atoms with Gasteiger partial charge in [0.2, 0.25) is 0 Å². The molecule has 2 rings (SSSR count). The molecular weight excluding hydrogens is 240 g/mol. The molecule has 3 nitrogen and oxygen atoms in total. The minimum absolute atomic E-state index is 0.571. The molecule has 1 aliphatic rings. The number of ether oxygens (including phenoxy) is 2. The number of benzene rings is 1. The van der Waals surface area contributed by atoms with Gasteiger partial charge in [-0.3, -0.25) is 4.79 Å². The number of hydrogen-bond acceptors (Lipinski definition) is 3. The average molecular weight is 262 g/mol. The van der Waals surface area contributed by atoms with Crippen LogP contribution >= 0.6 is 0 Å². The second-order valence-electron chi connectivity index (χ2n) is 5.04. The molecule has 1 saturated carbocycles. The molecule has 0 spiro atoms. The van der Waals surface area contributed by atoms with Crippen LogP contribution in [-0.2, 0) is 0 Å². The van der Waals surface area contributed by atoms with E-state index < -0.39 is 0 Å². The fourth-order valence-electron chi connectivity index (χ4n) is 2.60. The molecule has 0 unspecified atom stereocenters. The first-order valence-corrected chi connectivity index (χ1v) is 7.19. The summed E-state index contributed by atoms with van der Waals surface area (Å²) in [7, 11) is 0. The van der Waals surface area contributed by atoms with Crippen molar-refractivity contribution < 1.29 is 14.3 Å². The van der Waals surface area contributed by atoms with Gasteiger partial charge in [0.25, 0.3) is 0 Å². The summed E-state index contributed by atoms with van der Waals surface area (Å²) in [6.45, 7) is 3.19. The zero-order chi connectivity index (χ0) is 13.5. The van der Waals surface area contributed by atoms with Crippen LogP contribution in [0.15, 0.2) is 18.2 Å². The van der Waals surface area contributed by atoms with Crippen molar-refractivity contribution in [2.45, 2.75) is 39.0 Å². The second-order valence-corrected chi connectivity index (χ2v) is 5.04. The fourth-order valence-corrected chi connectivity index (χ4v) is 2.60. The Morgan fingerprint density at radius 2 is 2.00 bits per heavy atom. The molecule has 0 aliphatic heterocycles. The Bertz CT molecular complexity index is 408. The molecule has 0 N–H and O–H groups in total. The highest BCUT2D eigenvalue weighted by Crippen LogP contribution is 2.32. The lowest BCUT2D eigenvalue weighted by Crippen LogP contribution is -2.16. The molecule has 0 heterocycles. The van der Waals surface area contributed by atoms with E-state index in [2.05, 4.69) is 0 Å². The average Bonchev–Trinajstić information content (AvgIpc) is 2.47. The van der Waals surface area contributed by atoms with Crippen LogP contribution in [0.3, 0.4) is 0 Å². The van der Waals surface area contributed by atoms with Crippen LogP contribution in [0.1, 0.15) is 49.4 Å². The maximum absolute atomic E-state index is 11.1. The molecule has 3 heteroatoms. The van der Waals surface area contributed by atoms with Crippen LogP contribution < -0.4 is 9.47 Å². The van der Waals surface area contributed by atoms with Gasteiger partial charge >= 0.3 is 0 Å². The van der Waals surface area contributed by atoms with E-state index in [-0.39, 0.29) is 0 Å². The molecule has 0 atom stereocenters. The van der Waals surface area contributed by atoms with Crippen molar-refractivity contribution in [3.8, 4) is 11.5 Å². The number of hydrogen-bond donors (Lipinski definition) is 0. The van der Waals surface area contributed by atoms with Crippen molar-refractivity contribution in [1.29, 1.82) is 0 Å². The monoisotopic (exact) mass is 262 g/mol. The zero-order valence-electron chi connectivity index (χ0n) is 11.6. The normalized spacial score (nSPS) is 16.1. The van der Waals surface area contributed by atoms with Gasteiger partial charge in [-0.25, -0.2) is 0 Å². The van der Waals surface area contributed by atoms with Crippen molar-refractivity contribution in [2.24, 2.45) is 5.92 Å². The van der Waals surface area contributed by atoms with E-state index in [0.29, 0.717) is 36.2 Å². The maximum atomic E-state index is 11.1. The van der Waals surface area contributed by atoms with Crippen molar-refractivity contribution in [1.82, 2.24) is 0 Å². The van der Waals surface area contributed by atoms with E-state index in [1.807, 2.05) is 19.1 Å². The Morgan fingerprint density at radius 1 is 1.21 bits per heavy atom. The molecule has 1 fully saturated rings. The third-order valence-electron chi connectivity index (χ3n) is 3.62. The topological polar surface area (TPSA) is 35.5 Å². The van der Waals surface area contributed by atoms with Crippen LogP contribution in [0.25, 0.3) is 0 Å². The van der Waals surface area contributed by atoms with E-state index in [9.17, 15) is 4.79 Å². The Kier molecular flexibility index (Phi) is 5.25. The minimum Gasteiger partial charge on any atom is -0.490 e. The van der Waals surface area contributed by atoms with Crippen LogP contribution in [-0.4, -0.2) is 19.5 Å². The first kappa shape index (κ1) is 13.9. The summed E-state index contributed by atoms with van der Waals surface area (Å²) >= 11 is 0. The van der Waals surface area contributed by atoms with Gasteiger partial charge < -0.3 is 9.47 Å². The summed E-state index contributed by atoms with van der Waals surface area (Å²) in [5.41, 5.74) is 0.571. The van der Waals surface area contributed by atoms with E-state index in [1.165, 1.54) is 32.1 Å². The minimum atomic E-state index is 0.571. The molecule has 1 aromatic carbocycles. The summed E-state index contributed by atoms with van der Waals surface area (Å²) in [6, 6.07) is 5.45. The molecule has 1 aliphatic carbocycles. The third-order valence-corrected chi connectivity index (χ3v) is 3.62. The highest BCUT2D eigenvalue weighted by atomic mass is 16.5. The van der Waals surface area contributed by atoms with Gasteiger partial charge in [-0.05, 0) is 37.8 Å². The molecule has 0 aromatic heterocycles. The van der Waals surface area contributed by atoms with E-state index in [0.717, 1.165) is 6.29 Å². The number of aldehydes is 1. The van der Waals surface area contributed by atoms with Gasteiger partial charge in [0.1, 0.15) is 0 Å². The van der Waals surface area contributed by atoms with Gasteiger partial charge in [0, 0.05) is 0 Å². The third kappa shape index (κ3) is 3.72. The molecular formula is C16H22O3. The van der Waals surface area contributed by atoms with Gasteiger partial charge in [0.15, 0.2) is 17.8 Å². The van der Waals surface area contributed by atoms with E-state index >= 15 is 0 Å². The Balaban J connectivity index is 2.05. The first-order valence-electron chi connectivity index (χ1n) is 7.19. The SMILES string of the molecule is CCOc1cccc(C=O)c1OCC1CCCCC1. The number of carbonyl (C=O) groups is 1. The van der Waals surface area contributed by atoms with E-state index in [4.69, 9.17) is 9.47 Å². The summed E-state index contributed by atoms with van der Waals surface area (Å²) in [5, 5.41) is 0. The molecule has 0 radical (unpaired) electrons. The summed E-state index contributed by atoms with van der Waals surface area (Å²) < 4.78 is 11.4. The fraction of sp³-hybridized carbons (Fsp3) is 0.562. The van der Waals surface area contributed by atoms with E-state index in [1.54, 1.807) is 6.07 Å². The smallest absolute Gasteiger partial charge is 0.171 e. The van der Waals surface area contributed by atoms with Gasteiger partial charge in [-0.2, -0.15) is 0 Å². The Hall–Kier alpha value is -1.51. The predicted molar refractivity (Wildman–Crippen MR) is 75.1 cm³/mol. The molecule has 104 valence electrons. The maximum Gasteiger partial charge on any atom is 0.171 e. The molecule has 0 bridgehead atoms.